The average Bonchev–Trinajstić information content (AvgIpc) is 3.27. The van der Waals surface area contributed by atoms with Gasteiger partial charge in [0.15, 0.2) is 23.1 Å². The first-order valence-corrected chi connectivity index (χ1v) is 10.9. The quantitative estimate of drug-likeness (QED) is 0.204. The van der Waals surface area contributed by atoms with Crippen molar-refractivity contribution in [3.63, 3.8) is 0 Å². The lowest BCUT2D eigenvalue weighted by Crippen LogP contribution is -2.37. The van der Waals surface area contributed by atoms with Crippen molar-refractivity contribution in [1.82, 2.24) is 10.3 Å². The van der Waals surface area contributed by atoms with Gasteiger partial charge in [0.25, 0.3) is 5.91 Å². The molecule has 0 spiro atoms. The first kappa shape index (κ1) is 23.6. The molecule has 0 unspecified atom stereocenters. The average molecular weight is 493 g/mol. The molecule has 0 saturated heterocycles. The van der Waals surface area contributed by atoms with Crippen molar-refractivity contribution < 1.29 is 23.6 Å². The number of carbonyl (C=O) groups excluding carboxylic acids is 1. The maximum atomic E-state index is 12.2. The van der Waals surface area contributed by atoms with Gasteiger partial charge in [-0.05, 0) is 67.7 Å². The number of hydrogen-bond acceptors (Lipinski definition) is 8. The summed E-state index contributed by atoms with van der Waals surface area (Å²) in [6.45, 7) is 2.06. The van der Waals surface area contributed by atoms with Crippen LogP contribution >= 0.6 is 12.2 Å². The zero-order valence-corrected chi connectivity index (χ0v) is 19.3. The first-order valence-electron chi connectivity index (χ1n) is 10.5. The molecule has 3 aromatic carbocycles. The number of rotatable bonds is 8. The molecule has 0 saturated carbocycles. The summed E-state index contributed by atoms with van der Waals surface area (Å²) >= 11 is 5.19. The van der Waals surface area contributed by atoms with Crippen molar-refractivity contribution in [2.75, 3.05) is 18.5 Å². The molecule has 0 aliphatic carbocycles. The summed E-state index contributed by atoms with van der Waals surface area (Å²) in [6, 6.07) is 18.4. The Kier molecular flexibility index (Phi) is 7.17. The van der Waals surface area contributed by atoms with Crippen LogP contribution in [0.2, 0.25) is 0 Å². The molecule has 0 fully saturated rings. The second-order valence-corrected chi connectivity index (χ2v) is 7.58. The molecule has 178 valence electrons. The molecular formula is C24H20N4O6S. The van der Waals surface area contributed by atoms with Crippen LogP contribution in [0.5, 0.6) is 11.5 Å². The van der Waals surface area contributed by atoms with Gasteiger partial charge >= 0.3 is 5.69 Å². The highest BCUT2D eigenvalue weighted by atomic mass is 32.1. The van der Waals surface area contributed by atoms with E-state index in [-0.39, 0.29) is 16.5 Å². The Hall–Kier alpha value is -4.51. The van der Waals surface area contributed by atoms with Crippen LogP contribution in [0.1, 0.15) is 6.92 Å². The highest BCUT2D eigenvalue weighted by Gasteiger charge is 2.16. The number of benzene rings is 3. The van der Waals surface area contributed by atoms with E-state index in [1.807, 2.05) is 31.2 Å². The number of nitro groups is 1. The minimum atomic E-state index is -0.583. The van der Waals surface area contributed by atoms with Crippen molar-refractivity contribution in [2.45, 2.75) is 6.92 Å². The van der Waals surface area contributed by atoms with E-state index in [0.717, 1.165) is 11.3 Å². The molecule has 35 heavy (non-hydrogen) atoms. The molecule has 1 aromatic heterocycles. The molecule has 1 amide bonds. The fourth-order valence-electron chi connectivity index (χ4n) is 3.19. The van der Waals surface area contributed by atoms with Gasteiger partial charge in [-0.3, -0.25) is 20.2 Å². The van der Waals surface area contributed by atoms with E-state index in [9.17, 15) is 14.9 Å². The summed E-state index contributed by atoms with van der Waals surface area (Å²) in [6.07, 6.45) is 0. The Labute approximate surface area is 205 Å². The highest BCUT2D eigenvalue weighted by Crippen LogP contribution is 2.28. The summed E-state index contributed by atoms with van der Waals surface area (Å²) in [5, 5.41) is 16.4. The number of hydrogen-bond donors (Lipinski definition) is 2. The van der Waals surface area contributed by atoms with Crippen LogP contribution < -0.4 is 20.1 Å². The van der Waals surface area contributed by atoms with Crippen LogP contribution in [0.25, 0.3) is 22.6 Å². The van der Waals surface area contributed by atoms with Gasteiger partial charge < -0.3 is 19.2 Å². The summed E-state index contributed by atoms with van der Waals surface area (Å²) < 4.78 is 16.5. The number of oxazole rings is 1. The lowest BCUT2D eigenvalue weighted by atomic mass is 10.2. The number of para-hydroxylation sites is 2. The number of carbonyl (C=O) groups is 1. The number of nitro benzene ring substituents is 1. The van der Waals surface area contributed by atoms with Crippen LogP contribution in [0.3, 0.4) is 0 Å². The number of aromatic nitrogens is 1. The standard InChI is InChI=1S/C24H20N4O6S/c1-2-32-17-10-7-15(8-11-17)23-26-18-13-16(9-12-20(18)34-23)25-24(35)27-22(29)14-33-21-6-4-3-5-19(21)28(30)31/h3-13H,2,14H2,1H3,(H2,25,27,29,35). The molecule has 0 atom stereocenters. The SMILES string of the molecule is CCOc1ccc(-c2nc3cc(NC(=S)NC(=O)COc4ccccc4[N+](=O)[O-])ccc3o2)cc1. The number of ether oxygens (including phenoxy) is 2. The first-order chi connectivity index (χ1) is 16.9. The molecule has 0 aliphatic heterocycles. The van der Waals surface area contributed by atoms with Gasteiger partial charge in [-0.2, -0.15) is 0 Å². The minimum Gasteiger partial charge on any atom is -0.494 e. The Morgan fingerprint density at radius 1 is 1.11 bits per heavy atom. The molecule has 4 aromatic rings. The third-order valence-electron chi connectivity index (χ3n) is 4.73. The summed E-state index contributed by atoms with van der Waals surface area (Å²) in [5.41, 5.74) is 2.36. The van der Waals surface area contributed by atoms with Crippen molar-refractivity contribution in [3.8, 4) is 23.0 Å². The zero-order valence-electron chi connectivity index (χ0n) is 18.5. The third kappa shape index (κ3) is 5.89. The van der Waals surface area contributed by atoms with Crippen LogP contribution in [0.15, 0.2) is 71.1 Å². The van der Waals surface area contributed by atoms with E-state index in [1.165, 1.54) is 18.2 Å². The minimum absolute atomic E-state index is 0.00801. The fourth-order valence-corrected chi connectivity index (χ4v) is 3.42. The van der Waals surface area contributed by atoms with Gasteiger partial charge in [0.2, 0.25) is 5.89 Å². The molecule has 0 radical (unpaired) electrons. The number of nitrogens with zero attached hydrogens (tertiary/aromatic N) is 2. The van der Waals surface area contributed by atoms with Crippen LogP contribution in [0.4, 0.5) is 11.4 Å². The highest BCUT2D eigenvalue weighted by molar-refractivity contribution is 7.80. The Morgan fingerprint density at radius 3 is 2.63 bits per heavy atom. The smallest absolute Gasteiger partial charge is 0.310 e. The molecule has 1 heterocycles. The van der Waals surface area contributed by atoms with E-state index >= 15 is 0 Å². The topological polar surface area (TPSA) is 129 Å². The fraction of sp³-hybridized carbons (Fsp3) is 0.125. The van der Waals surface area contributed by atoms with Gasteiger partial charge in [0.05, 0.1) is 11.5 Å². The molecule has 4 rings (SSSR count). The van der Waals surface area contributed by atoms with E-state index in [2.05, 4.69) is 15.6 Å². The molecule has 11 heteroatoms. The Bertz CT molecular complexity index is 1390. The Balaban J connectivity index is 1.36. The summed E-state index contributed by atoms with van der Waals surface area (Å²) in [5.74, 6) is 0.650. The third-order valence-corrected chi connectivity index (χ3v) is 4.94. The van der Waals surface area contributed by atoms with E-state index in [1.54, 1.807) is 24.3 Å². The summed E-state index contributed by atoms with van der Waals surface area (Å²) in [7, 11) is 0. The second kappa shape index (κ2) is 10.6. The number of fused-ring (bicyclic) bond motifs is 1. The number of anilines is 1. The van der Waals surface area contributed by atoms with E-state index in [4.69, 9.17) is 26.1 Å². The van der Waals surface area contributed by atoms with Crippen molar-refractivity contribution in [2.24, 2.45) is 0 Å². The Morgan fingerprint density at radius 2 is 1.89 bits per heavy atom. The summed E-state index contributed by atoms with van der Waals surface area (Å²) in [4.78, 5) is 27.1. The monoisotopic (exact) mass is 492 g/mol. The van der Waals surface area contributed by atoms with Crippen molar-refractivity contribution >= 4 is 45.7 Å². The number of amides is 1. The lowest BCUT2D eigenvalue weighted by molar-refractivity contribution is -0.385. The van der Waals surface area contributed by atoms with Gasteiger partial charge in [0, 0.05) is 17.3 Å². The second-order valence-electron chi connectivity index (χ2n) is 7.17. The lowest BCUT2D eigenvalue weighted by Gasteiger charge is -2.10. The molecular weight excluding hydrogens is 472 g/mol. The van der Waals surface area contributed by atoms with Crippen LogP contribution in [-0.4, -0.2) is 34.1 Å². The maximum absolute atomic E-state index is 12.2. The molecule has 10 nitrogen and oxygen atoms in total. The van der Waals surface area contributed by atoms with Gasteiger partial charge in [-0.1, -0.05) is 12.1 Å². The van der Waals surface area contributed by atoms with Gasteiger partial charge in [-0.25, -0.2) is 4.98 Å². The number of thiocarbonyl (C=S) groups is 1. The van der Waals surface area contributed by atoms with Crippen LogP contribution in [0, 0.1) is 10.1 Å². The predicted molar refractivity (Wildman–Crippen MR) is 134 cm³/mol. The zero-order chi connectivity index (χ0) is 24.8. The van der Waals surface area contributed by atoms with Crippen molar-refractivity contribution in [3.05, 3.63) is 76.8 Å². The largest absolute Gasteiger partial charge is 0.494 e. The van der Waals surface area contributed by atoms with E-state index < -0.39 is 17.4 Å². The van der Waals surface area contributed by atoms with Gasteiger partial charge in [0.1, 0.15) is 11.3 Å². The number of nitrogens with one attached hydrogen (secondary N) is 2. The molecule has 2 N–H and O–H groups in total. The predicted octanol–water partition coefficient (Wildman–Crippen LogP) is 4.69. The van der Waals surface area contributed by atoms with Crippen LogP contribution in [-0.2, 0) is 4.79 Å². The normalized spacial score (nSPS) is 10.5. The molecule has 0 aliphatic rings. The van der Waals surface area contributed by atoms with E-state index in [0.29, 0.717) is 29.3 Å². The molecule has 0 bridgehead atoms. The maximum Gasteiger partial charge on any atom is 0.310 e. The van der Waals surface area contributed by atoms with Crippen molar-refractivity contribution in [1.29, 1.82) is 0 Å². The van der Waals surface area contributed by atoms with Gasteiger partial charge in [-0.15, -0.1) is 0 Å².